The van der Waals surface area contributed by atoms with Gasteiger partial charge in [0.05, 0.1) is 24.3 Å². The van der Waals surface area contributed by atoms with Gasteiger partial charge in [-0.15, -0.1) is 0 Å². The van der Waals surface area contributed by atoms with Crippen molar-refractivity contribution in [3.8, 4) is 17.2 Å². The van der Waals surface area contributed by atoms with Crippen LogP contribution >= 0.6 is 0 Å². The molecule has 0 aromatic heterocycles. The van der Waals surface area contributed by atoms with Gasteiger partial charge in [0.15, 0.2) is 6.61 Å². The van der Waals surface area contributed by atoms with Crippen LogP contribution in [-0.4, -0.2) is 64.5 Å². The van der Waals surface area contributed by atoms with E-state index < -0.39 is 15.9 Å². The third kappa shape index (κ3) is 6.05. The molecule has 1 N–H and O–H groups in total. The van der Waals surface area contributed by atoms with Gasteiger partial charge in [0.2, 0.25) is 10.0 Å². The molecular weight excluding hydrogens is 534 g/mol. The van der Waals surface area contributed by atoms with Crippen molar-refractivity contribution in [1.29, 1.82) is 0 Å². The number of amides is 2. The number of hydrogen-bond acceptors (Lipinski definition) is 7. The summed E-state index contributed by atoms with van der Waals surface area (Å²) in [5.74, 6) is 1.42. The topological polar surface area (TPSA) is 114 Å². The number of ether oxygens (including phenoxy) is 3. The largest absolute Gasteiger partial charge is 0.497 e. The lowest BCUT2D eigenvalue weighted by atomic mass is 10.1. The Bertz CT molecular complexity index is 1470. The minimum absolute atomic E-state index is 0.0648. The highest BCUT2D eigenvalue weighted by atomic mass is 32.2. The molecule has 0 saturated carbocycles. The summed E-state index contributed by atoms with van der Waals surface area (Å²) in [6.07, 6.45) is 2.29. The summed E-state index contributed by atoms with van der Waals surface area (Å²) < 4.78 is 43.5. The molecule has 10 nitrogen and oxygen atoms in total. The first-order chi connectivity index (χ1) is 19.3. The Morgan fingerprint density at radius 2 is 1.68 bits per heavy atom. The van der Waals surface area contributed by atoms with Crippen molar-refractivity contribution in [2.24, 2.45) is 0 Å². The normalized spacial score (nSPS) is 15.3. The first-order valence-electron chi connectivity index (χ1n) is 13.1. The van der Waals surface area contributed by atoms with Crippen LogP contribution in [0.4, 0.5) is 11.4 Å². The molecule has 0 atom stereocenters. The fourth-order valence-corrected chi connectivity index (χ4v) is 6.19. The van der Waals surface area contributed by atoms with Crippen LogP contribution in [0.15, 0.2) is 71.6 Å². The Morgan fingerprint density at radius 3 is 2.38 bits per heavy atom. The van der Waals surface area contributed by atoms with Crippen LogP contribution < -0.4 is 24.4 Å². The zero-order valence-corrected chi connectivity index (χ0v) is 23.0. The number of nitrogens with one attached hydrogen (secondary N) is 1. The number of carbonyl (C=O) groups is 2. The monoisotopic (exact) mass is 565 g/mol. The molecule has 0 radical (unpaired) electrons. The molecule has 2 heterocycles. The number of carbonyl (C=O) groups excluding carboxylic acids is 2. The second-order valence-electron chi connectivity index (χ2n) is 9.48. The molecular formula is C29H31N3O7S. The Hall–Kier alpha value is -4.09. The Kier molecular flexibility index (Phi) is 8.22. The van der Waals surface area contributed by atoms with E-state index in [1.54, 1.807) is 30.2 Å². The number of sulfonamides is 1. The number of methoxy groups -OCH3 is 1. The number of hydrogen-bond donors (Lipinski definition) is 1. The lowest BCUT2D eigenvalue weighted by molar-refractivity contribution is -0.121. The lowest BCUT2D eigenvalue weighted by Gasteiger charge is -2.30. The predicted molar refractivity (Wildman–Crippen MR) is 150 cm³/mol. The molecule has 210 valence electrons. The summed E-state index contributed by atoms with van der Waals surface area (Å²) in [4.78, 5) is 27.4. The summed E-state index contributed by atoms with van der Waals surface area (Å²) in [6, 6.07) is 18.3. The van der Waals surface area contributed by atoms with Crippen LogP contribution in [0.5, 0.6) is 17.2 Å². The highest BCUT2D eigenvalue weighted by Gasteiger charge is 2.28. The zero-order chi connectivity index (χ0) is 28.1. The molecule has 0 bridgehead atoms. The standard InChI is InChI=1S/C29H31N3O7S/c1-37-23-8-10-24(11-9-23)38-18-4-17-32-26-19-22(7-14-27(26)39-20-28(32)33)30-29(34)21-5-12-25(13-6-21)40(35,36)31-15-2-3-16-31/h5-14,19H,2-4,15-18,20H2,1H3,(H,30,34). The maximum absolute atomic E-state index is 12.9. The Balaban J connectivity index is 1.22. The van der Waals surface area contributed by atoms with Crippen molar-refractivity contribution >= 4 is 33.2 Å². The van der Waals surface area contributed by atoms with Crippen molar-refractivity contribution in [3.05, 3.63) is 72.3 Å². The van der Waals surface area contributed by atoms with E-state index >= 15 is 0 Å². The van der Waals surface area contributed by atoms with Crippen LogP contribution in [0, 0.1) is 0 Å². The molecule has 11 heteroatoms. The van der Waals surface area contributed by atoms with E-state index in [1.165, 1.54) is 28.6 Å². The number of nitrogens with zero attached hydrogens (tertiary/aromatic N) is 2. The van der Waals surface area contributed by atoms with Gasteiger partial charge < -0.3 is 24.4 Å². The molecule has 2 aliphatic heterocycles. The molecule has 3 aromatic carbocycles. The highest BCUT2D eigenvalue weighted by Crippen LogP contribution is 2.35. The van der Waals surface area contributed by atoms with E-state index in [0.717, 1.165) is 18.6 Å². The molecule has 0 spiro atoms. The van der Waals surface area contributed by atoms with E-state index in [0.29, 0.717) is 61.1 Å². The van der Waals surface area contributed by atoms with Crippen LogP contribution in [0.25, 0.3) is 0 Å². The number of benzene rings is 3. The molecule has 1 fully saturated rings. The van der Waals surface area contributed by atoms with Crippen LogP contribution in [0.2, 0.25) is 0 Å². The maximum atomic E-state index is 12.9. The summed E-state index contributed by atoms with van der Waals surface area (Å²) in [5, 5.41) is 2.83. The van der Waals surface area contributed by atoms with Gasteiger partial charge >= 0.3 is 0 Å². The third-order valence-corrected chi connectivity index (χ3v) is 8.75. The smallest absolute Gasteiger partial charge is 0.265 e. The molecule has 0 aliphatic carbocycles. The molecule has 2 amide bonds. The molecule has 5 rings (SSSR count). The van der Waals surface area contributed by atoms with E-state index in [1.807, 2.05) is 24.3 Å². The summed E-state index contributed by atoms with van der Waals surface area (Å²) in [5.41, 5.74) is 1.36. The molecule has 0 unspecified atom stereocenters. The fourth-order valence-electron chi connectivity index (χ4n) is 4.67. The van der Waals surface area contributed by atoms with Gasteiger partial charge in [0.25, 0.3) is 11.8 Å². The van der Waals surface area contributed by atoms with Gasteiger partial charge in [0.1, 0.15) is 17.2 Å². The van der Waals surface area contributed by atoms with E-state index in [9.17, 15) is 18.0 Å². The van der Waals surface area contributed by atoms with Crippen LogP contribution in [0.1, 0.15) is 29.6 Å². The van der Waals surface area contributed by atoms with E-state index in [2.05, 4.69) is 5.32 Å². The maximum Gasteiger partial charge on any atom is 0.265 e. The minimum atomic E-state index is -3.55. The quantitative estimate of drug-likeness (QED) is 0.371. The van der Waals surface area contributed by atoms with Gasteiger partial charge in [-0.25, -0.2) is 8.42 Å². The summed E-state index contributed by atoms with van der Waals surface area (Å²) >= 11 is 0. The summed E-state index contributed by atoms with van der Waals surface area (Å²) in [6.45, 7) is 1.79. The zero-order valence-electron chi connectivity index (χ0n) is 22.2. The Morgan fingerprint density at radius 1 is 0.975 bits per heavy atom. The number of rotatable bonds is 10. The van der Waals surface area contributed by atoms with Gasteiger partial charge in [-0.05, 0) is 86.0 Å². The van der Waals surface area contributed by atoms with Gasteiger partial charge in [-0.2, -0.15) is 4.31 Å². The van der Waals surface area contributed by atoms with E-state index in [4.69, 9.17) is 14.2 Å². The number of fused-ring (bicyclic) bond motifs is 1. The molecule has 2 aliphatic rings. The van der Waals surface area contributed by atoms with E-state index in [-0.39, 0.29) is 17.4 Å². The van der Waals surface area contributed by atoms with Crippen molar-refractivity contribution in [2.75, 3.05) is 50.2 Å². The van der Waals surface area contributed by atoms with Gasteiger partial charge in [-0.3, -0.25) is 9.59 Å². The van der Waals surface area contributed by atoms with Crippen LogP contribution in [0.3, 0.4) is 0 Å². The van der Waals surface area contributed by atoms with Crippen molar-refractivity contribution < 1.29 is 32.2 Å². The average Bonchev–Trinajstić information content (AvgIpc) is 3.53. The molecule has 1 saturated heterocycles. The van der Waals surface area contributed by atoms with Crippen LogP contribution in [-0.2, 0) is 14.8 Å². The highest BCUT2D eigenvalue weighted by molar-refractivity contribution is 7.89. The first kappa shape index (κ1) is 27.5. The van der Waals surface area contributed by atoms with Crippen molar-refractivity contribution in [1.82, 2.24) is 4.31 Å². The second-order valence-corrected chi connectivity index (χ2v) is 11.4. The van der Waals surface area contributed by atoms with Gasteiger partial charge in [-0.1, -0.05) is 0 Å². The third-order valence-electron chi connectivity index (χ3n) is 6.83. The summed E-state index contributed by atoms with van der Waals surface area (Å²) in [7, 11) is -1.95. The number of anilines is 2. The fraction of sp³-hybridized carbons (Fsp3) is 0.310. The predicted octanol–water partition coefficient (Wildman–Crippen LogP) is 3.93. The van der Waals surface area contributed by atoms with Crippen molar-refractivity contribution in [2.45, 2.75) is 24.2 Å². The van der Waals surface area contributed by atoms with Gasteiger partial charge in [0, 0.05) is 30.9 Å². The first-order valence-corrected chi connectivity index (χ1v) is 14.5. The second kappa shape index (κ2) is 12.0. The molecule has 40 heavy (non-hydrogen) atoms. The average molecular weight is 566 g/mol. The lowest BCUT2D eigenvalue weighted by Crippen LogP contribution is -2.39. The van der Waals surface area contributed by atoms with Crippen molar-refractivity contribution in [3.63, 3.8) is 0 Å². The molecule has 3 aromatic rings. The Labute approximate surface area is 233 Å². The SMILES string of the molecule is COc1ccc(OCCCN2C(=O)COc3ccc(NC(=O)c4ccc(S(=O)(=O)N5CCCC5)cc4)cc32)cc1. The minimum Gasteiger partial charge on any atom is -0.497 e.